The molecule has 25 heavy (non-hydrogen) atoms. The summed E-state index contributed by atoms with van der Waals surface area (Å²) in [4.78, 5) is 16.5. The van der Waals surface area contributed by atoms with Gasteiger partial charge < -0.3 is 10.4 Å². The van der Waals surface area contributed by atoms with Crippen LogP contribution in [0.25, 0.3) is 5.69 Å². The van der Waals surface area contributed by atoms with E-state index in [2.05, 4.69) is 30.2 Å². The summed E-state index contributed by atoms with van der Waals surface area (Å²) in [6.45, 7) is 4.15. The Morgan fingerprint density at radius 3 is 2.80 bits per heavy atom. The smallest absolute Gasteiger partial charge is 0.234 e. The summed E-state index contributed by atoms with van der Waals surface area (Å²) >= 11 is 1.35. The molecule has 1 amide bonds. The summed E-state index contributed by atoms with van der Waals surface area (Å²) in [5.41, 5.74) is 3.85. The number of aromatic nitrogens is 2. The van der Waals surface area contributed by atoms with Gasteiger partial charge in [-0.3, -0.25) is 9.36 Å². The molecule has 0 aliphatic heterocycles. The zero-order chi connectivity index (χ0) is 17.8. The minimum atomic E-state index is -0.193. The lowest BCUT2D eigenvalue weighted by atomic mass is 10.1. The van der Waals surface area contributed by atoms with Crippen molar-refractivity contribution in [2.24, 2.45) is 0 Å². The van der Waals surface area contributed by atoms with E-state index < -0.39 is 0 Å². The standard InChI is InChI=1S/C19H19N3O2S/c1-13-6-5-8-16(14(13)2)22-11-10-20-19(22)25-12-18(24)21-15-7-3-4-9-17(15)23/h3-11,23H,12H2,1-2H3,(H,21,24). The molecule has 0 saturated heterocycles. The number of rotatable bonds is 5. The van der Waals surface area contributed by atoms with Crippen LogP contribution in [0.3, 0.4) is 0 Å². The van der Waals surface area contributed by atoms with E-state index in [4.69, 9.17) is 0 Å². The Balaban J connectivity index is 1.71. The van der Waals surface area contributed by atoms with Gasteiger partial charge in [0.05, 0.1) is 17.1 Å². The number of imidazole rings is 1. The van der Waals surface area contributed by atoms with Crippen LogP contribution in [0.2, 0.25) is 0 Å². The van der Waals surface area contributed by atoms with Gasteiger partial charge in [0, 0.05) is 12.4 Å². The molecule has 0 fully saturated rings. The Morgan fingerprint density at radius 2 is 2.00 bits per heavy atom. The summed E-state index contributed by atoms with van der Waals surface area (Å²) in [6.07, 6.45) is 3.62. The number of nitrogens with zero attached hydrogens (tertiary/aromatic N) is 2. The lowest BCUT2D eigenvalue weighted by molar-refractivity contribution is -0.113. The number of phenolic OH excluding ortho intramolecular Hbond substituents is 1. The van der Waals surface area contributed by atoms with Gasteiger partial charge in [-0.1, -0.05) is 36.0 Å². The number of aryl methyl sites for hydroxylation is 1. The molecule has 0 saturated carbocycles. The average Bonchev–Trinajstić information content (AvgIpc) is 3.06. The topological polar surface area (TPSA) is 67.2 Å². The lowest BCUT2D eigenvalue weighted by Crippen LogP contribution is -2.14. The number of anilines is 1. The van der Waals surface area contributed by atoms with Crippen molar-refractivity contribution in [3.8, 4) is 11.4 Å². The Kier molecular flexibility index (Phi) is 5.09. The molecule has 2 aromatic carbocycles. The third-order valence-corrected chi connectivity index (χ3v) is 4.92. The molecule has 6 heteroatoms. The van der Waals surface area contributed by atoms with Crippen molar-refractivity contribution < 1.29 is 9.90 Å². The maximum Gasteiger partial charge on any atom is 0.234 e. The third-order valence-electron chi connectivity index (χ3n) is 3.95. The van der Waals surface area contributed by atoms with Gasteiger partial charge in [-0.15, -0.1) is 0 Å². The number of thioether (sulfide) groups is 1. The van der Waals surface area contributed by atoms with Crippen molar-refractivity contribution in [2.45, 2.75) is 19.0 Å². The van der Waals surface area contributed by atoms with Crippen LogP contribution in [0.15, 0.2) is 60.0 Å². The summed E-state index contributed by atoms with van der Waals surface area (Å²) in [5.74, 6) is 0.0655. The van der Waals surface area contributed by atoms with Crippen molar-refractivity contribution in [3.05, 3.63) is 66.0 Å². The summed E-state index contributed by atoms with van der Waals surface area (Å²) in [7, 11) is 0. The normalized spacial score (nSPS) is 10.6. The van der Waals surface area contributed by atoms with Gasteiger partial charge in [0.15, 0.2) is 5.16 Å². The van der Waals surface area contributed by atoms with E-state index in [1.807, 2.05) is 22.9 Å². The highest BCUT2D eigenvalue weighted by Crippen LogP contribution is 2.25. The lowest BCUT2D eigenvalue weighted by Gasteiger charge is -2.12. The molecular weight excluding hydrogens is 334 g/mol. The van der Waals surface area contributed by atoms with Crippen LogP contribution in [0.5, 0.6) is 5.75 Å². The number of benzene rings is 2. The number of hydrogen-bond donors (Lipinski definition) is 2. The largest absolute Gasteiger partial charge is 0.506 e. The van der Waals surface area contributed by atoms with Gasteiger partial charge >= 0.3 is 0 Å². The average molecular weight is 353 g/mol. The molecule has 0 spiro atoms. The predicted octanol–water partition coefficient (Wildman–Crippen LogP) is 3.93. The Morgan fingerprint density at radius 1 is 1.20 bits per heavy atom. The van der Waals surface area contributed by atoms with Gasteiger partial charge in [-0.05, 0) is 43.2 Å². The Labute approximate surface area is 150 Å². The molecule has 0 bridgehead atoms. The third kappa shape index (κ3) is 3.85. The number of para-hydroxylation sites is 2. The molecule has 5 nitrogen and oxygen atoms in total. The molecule has 3 rings (SSSR count). The molecule has 0 atom stereocenters. The number of carbonyl (C=O) groups excluding carboxylic acids is 1. The summed E-state index contributed by atoms with van der Waals surface area (Å²) < 4.78 is 1.99. The minimum absolute atomic E-state index is 0.0535. The molecule has 0 aliphatic carbocycles. The first-order chi connectivity index (χ1) is 12.1. The number of nitrogens with one attached hydrogen (secondary N) is 1. The molecule has 0 aliphatic rings. The van der Waals surface area contributed by atoms with Crippen molar-refractivity contribution in [2.75, 3.05) is 11.1 Å². The second-order valence-corrected chi connectivity index (χ2v) is 6.60. The first-order valence-corrected chi connectivity index (χ1v) is 8.85. The fraction of sp³-hybridized carbons (Fsp3) is 0.158. The Bertz CT molecular complexity index is 905. The summed E-state index contributed by atoms with van der Waals surface area (Å²) in [6, 6.07) is 12.8. The van der Waals surface area contributed by atoms with E-state index in [-0.39, 0.29) is 17.4 Å². The highest BCUT2D eigenvalue weighted by molar-refractivity contribution is 7.99. The number of hydrogen-bond acceptors (Lipinski definition) is 4. The van der Waals surface area contributed by atoms with Gasteiger partial charge in [-0.25, -0.2) is 4.98 Å². The van der Waals surface area contributed by atoms with Gasteiger partial charge in [0.1, 0.15) is 5.75 Å². The quantitative estimate of drug-likeness (QED) is 0.539. The number of amides is 1. The second-order valence-electron chi connectivity index (χ2n) is 5.65. The molecule has 3 aromatic rings. The van der Waals surface area contributed by atoms with E-state index in [9.17, 15) is 9.90 Å². The van der Waals surface area contributed by atoms with Crippen LogP contribution in [-0.2, 0) is 4.79 Å². The fourth-order valence-electron chi connectivity index (χ4n) is 2.47. The van der Waals surface area contributed by atoms with Crippen LogP contribution in [0.1, 0.15) is 11.1 Å². The van der Waals surface area contributed by atoms with Crippen LogP contribution in [0, 0.1) is 13.8 Å². The van der Waals surface area contributed by atoms with Gasteiger partial charge in [-0.2, -0.15) is 0 Å². The van der Waals surface area contributed by atoms with Crippen molar-refractivity contribution in [1.29, 1.82) is 0 Å². The monoisotopic (exact) mass is 353 g/mol. The molecule has 2 N–H and O–H groups in total. The first-order valence-electron chi connectivity index (χ1n) is 7.87. The zero-order valence-corrected chi connectivity index (χ0v) is 14.9. The zero-order valence-electron chi connectivity index (χ0n) is 14.1. The fourth-order valence-corrected chi connectivity index (χ4v) is 3.24. The van der Waals surface area contributed by atoms with Crippen molar-refractivity contribution in [1.82, 2.24) is 9.55 Å². The predicted molar refractivity (Wildman–Crippen MR) is 100 cm³/mol. The molecule has 1 heterocycles. The van der Waals surface area contributed by atoms with E-state index in [0.29, 0.717) is 5.69 Å². The highest BCUT2D eigenvalue weighted by Gasteiger charge is 2.12. The minimum Gasteiger partial charge on any atom is -0.506 e. The molecule has 0 radical (unpaired) electrons. The maximum atomic E-state index is 12.1. The molecule has 1 aromatic heterocycles. The SMILES string of the molecule is Cc1cccc(-n2ccnc2SCC(=O)Nc2ccccc2O)c1C. The van der Waals surface area contributed by atoms with Crippen LogP contribution in [0.4, 0.5) is 5.69 Å². The van der Waals surface area contributed by atoms with Crippen molar-refractivity contribution in [3.63, 3.8) is 0 Å². The number of carbonyl (C=O) groups is 1. The van der Waals surface area contributed by atoms with Crippen molar-refractivity contribution >= 4 is 23.4 Å². The number of phenols is 1. The number of aromatic hydroxyl groups is 1. The van der Waals surface area contributed by atoms with Gasteiger partial charge in [0.2, 0.25) is 5.91 Å². The molecule has 128 valence electrons. The first kappa shape index (κ1) is 17.1. The Hall–Kier alpha value is -2.73. The molecular formula is C19H19N3O2S. The molecule has 0 unspecified atom stereocenters. The van der Waals surface area contributed by atoms with Crippen LogP contribution < -0.4 is 5.32 Å². The van der Waals surface area contributed by atoms with Gasteiger partial charge in [0.25, 0.3) is 0 Å². The second kappa shape index (κ2) is 7.44. The van der Waals surface area contributed by atoms with Crippen LogP contribution in [-0.4, -0.2) is 26.3 Å². The van der Waals surface area contributed by atoms with E-state index in [1.54, 1.807) is 24.4 Å². The summed E-state index contributed by atoms with van der Waals surface area (Å²) in [5, 5.41) is 13.2. The highest BCUT2D eigenvalue weighted by atomic mass is 32.2. The van der Waals surface area contributed by atoms with E-state index in [0.717, 1.165) is 10.8 Å². The maximum absolute atomic E-state index is 12.1. The van der Waals surface area contributed by atoms with E-state index in [1.165, 1.54) is 29.0 Å². The van der Waals surface area contributed by atoms with E-state index >= 15 is 0 Å². The van der Waals surface area contributed by atoms with Crippen LogP contribution >= 0.6 is 11.8 Å².